The summed E-state index contributed by atoms with van der Waals surface area (Å²) in [4.78, 5) is 0. The van der Waals surface area contributed by atoms with Crippen LogP contribution in [0.2, 0.25) is 0 Å². The molecule has 0 atom stereocenters. The molecule has 12 heavy (non-hydrogen) atoms. The van der Waals surface area contributed by atoms with Crippen molar-refractivity contribution in [1.82, 2.24) is 0 Å². The molecule has 0 aliphatic carbocycles. The molecule has 0 aliphatic rings. The van der Waals surface area contributed by atoms with Gasteiger partial charge in [0, 0.05) is 0 Å². The van der Waals surface area contributed by atoms with Gasteiger partial charge in [-0.15, -0.1) is 16.0 Å². The second kappa shape index (κ2) is 8.96. The predicted octanol–water partition coefficient (Wildman–Crippen LogP) is 2.23. The molecule has 0 saturated heterocycles. The minimum Gasteiger partial charge on any atom is -0.375 e. The molecule has 0 rings (SSSR count). The van der Waals surface area contributed by atoms with Gasteiger partial charge in [0.1, 0.15) is 0 Å². The summed E-state index contributed by atoms with van der Waals surface area (Å²) >= 11 is 0. The summed E-state index contributed by atoms with van der Waals surface area (Å²) in [5, 5.41) is 0. The van der Waals surface area contributed by atoms with Crippen LogP contribution in [0.1, 0.15) is 0 Å². The SMILES string of the molecule is C=CCOCCOP(OF)OF. The van der Waals surface area contributed by atoms with Crippen molar-refractivity contribution in [2.75, 3.05) is 19.8 Å². The summed E-state index contributed by atoms with van der Waals surface area (Å²) in [6, 6.07) is 0. The molecule has 0 aromatic heterocycles. The number of ether oxygens (including phenoxy) is 1. The quantitative estimate of drug-likeness (QED) is 0.343. The van der Waals surface area contributed by atoms with Crippen molar-refractivity contribution in [3.8, 4) is 0 Å². The smallest absolute Gasteiger partial charge is 0.375 e. The Morgan fingerprint density at radius 3 is 2.42 bits per heavy atom. The molecule has 0 amide bonds. The third-order valence-corrected chi connectivity index (χ3v) is 1.39. The van der Waals surface area contributed by atoms with Gasteiger partial charge in [0.25, 0.3) is 0 Å². The lowest BCUT2D eigenvalue weighted by Gasteiger charge is -2.05. The maximum atomic E-state index is 11.2. The van der Waals surface area contributed by atoms with Crippen LogP contribution in [-0.2, 0) is 18.7 Å². The largest absolute Gasteiger partial charge is 0.403 e. The fourth-order valence-electron chi connectivity index (χ4n) is 0.388. The Hall–Kier alpha value is -0.130. The molecule has 0 spiro atoms. The van der Waals surface area contributed by atoms with E-state index in [0.717, 1.165) is 0 Å². The van der Waals surface area contributed by atoms with Crippen LogP contribution >= 0.6 is 8.60 Å². The Bertz CT molecular complexity index is 112. The lowest BCUT2D eigenvalue weighted by molar-refractivity contribution is -0.0975. The average molecular weight is 202 g/mol. The molecule has 0 bridgehead atoms. The molecule has 0 aromatic rings. The van der Waals surface area contributed by atoms with E-state index in [1.54, 1.807) is 6.08 Å². The summed E-state index contributed by atoms with van der Waals surface area (Å²) in [5.74, 6) is 0. The first-order valence-corrected chi connectivity index (χ1v) is 4.13. The Balaban J connectivity index is 3.11. The molecular formula is C5H9F2O4P. The summed E-state index contributed by atoms with van der Waals surface area (Å²) in [5.41, 5.74) is 0. The molecule has 0 radical (unpaired) electrons. The topological polar surface area (TPSA) is 36.9 Å². The van der Waals surface area contributed by atoms with Crippen molar-refractivity contribution < 1.29 is 27.8 Å². The van der Waals surface area contributed by atoms with Gasteiger partial charge < -0.3 is 9.26 Å². The van der Waals surface area contributed by atoms with Crippen molar-refractivity contribution in [3.05, 3.63) is 12.7 Å². The van der Waals surface area contributed by atoms with Gasteiger partial charge in [-0.3, -0.25) is 0 Å². The standard InChI is InChI=1S/C5H9F2O4P/c1-2-3-8-4-5-9-12(10-6)11-7/h2H,1,3-5H2. The highest BCUT2D eigenvalue weighted by Gasteiger charge is 2.13. The first-order chi connectivity index (χ1) is 5.85. The van der Waals surface area contributed by atoms with E-state index < -0.39 is 8.60 Å². The molecule has 4 nitrogen and oxygen atoms in total. The maximum absolute atomic E-state index is 11.2. The first kappa shape index (κ1) is 11.9. The fraction of sp³-hybridized carbons (Fsp3) is 0.600. The molecule has 7 heteroatoms. The lowest BCUT2D eigenvalue weighted by atomic mass is 10.7. The zero-order valence-corrected chi connectivity index (χ0v) is 7.14. The Kier molecular flexibility index (Phi) is 8.86. The first-order valence-electron chi connectivity index (χ1n) is 3.04. The number of rotatable bonds is 8. The minimum atomic E-state index is -2.52. The second-order valence-corrected chi connectivity index (χ2v) is 2.54. The van der Waals surface area contributed by atoms with Gasteiger partial charge in [-0.05, 0) is 9.05 Å². The van der Waals surface area contributed by atoms with Crippen LogP contribution in [0.5, 0.6) is 0 Å². The van der Waals surface area contributed by atoms with E-state index in [2.05, 4.69) is 20.6 Å². The zero-order chi connectivity index (χ0) is 9.23. The van der Waals surface area contributed by atoms with Gasteiger partial charge in [0.15, 0.2) is 0 Å². The predicted molar refractivity (Wildman–Crippen MR) is 38.3 cm³/mol. The van der Waals surface area contributed by atoms with Crippen molar-refractivity contribution in [2.45, 2.75) is 0 Å². The van der Waals surface area contributed by atoms with Gasteiger partial charge in [0.05, 0.1) is 19.8 Å². The van der Waals surface area contributed by atoms with Crippen molar-refractivity contribution >= 4 is 8.60 Å². The lowest BCUT2D eigenvalue weighted by Crippen LogP contribution is -2.01. The third kappa shape index (κ3) is 6.57. The summed E-state index contributed by atoms with van der Waals surface area (Å²) in [6.07, 6.45) is 1.54. The van der Waals surface area contributed by atoms with Crippen LogP contribution in [0.15, 0.2) is 12.7 Å². The molecule has 0 unspecified atom stereocenters. The normalized spacial score (nSPS) is 10.6. The van der Waals surface area contributed by atoms with E-state index in [1.807, 2.05) is 0 Å². The van der Waals surface area contributed by atoms with E-state index in [1.165, 1.54) is 0 Å². The van der Waals surface area contributed by atoms with Gasteiger partial charge in [-0.1, -0.05) is 6.08 Å². The molecule has 0 fully saturated rings. The summed E-state index contributed by atoms with van der Waals surface area (Å²) in [7, 11) is -2.52. The average Bonchev–Trinajstić information content (AvgIpc) is 2.11. The van der Waals surface area contributed by atoms with Gasteiger partial charge in [-0.2, -0.15) is 0 Å². The van der Waals surface area contributed by atoms with Gasteiger partial charge in [-0.25, -0.2) is 0 Å². The summed E-state index contributed by atoms with van der Waals surface area (Å²) in [6.45, 7) is 3.94. The van der Waals surface area contributed by atoms with E-state index in [0.29, 0.717) is 6.61 Å². The zero-order valence-electron chi connectivity index (χ0n) is 6.24. The van der Waals surface area contributed by atoms with Crippen LogP contribution in [0, 0.1) is 0 Å². The molecule has 0 aliphatic heterocycles. The number of hydrogen-bond acceptors (Lipinski definition) is 4. The Labute approximate surface area is 69.9 Å². The molecule has 72 valence electrons. The minimum absolute atomic E-state index is 0.00656. The highest BCUT2D eigenvalue weighted by Crippen LogP contribution is 2.39. The fourth-order valence-corrected chi connectivity index (χ4v) is 0.712. The highest BCUT2D eigenvalue weighted by molar-refractivity contribution is 7.41. The van der Waals surface area contributed by atoms with Crippen LogP contribution in [0.25, 0.3) is 0 Å². The highest BCUT2D eigenvalue weighted by atomic mass is 31.2. The van der Waals surface area contributed by atoms with E-state index in [9.17, 15) is 9.05 Å². The monoisotopic (exact) mass is 202 g/mol. The van der Waals surface area contributed by atoms with Crippen LogP contribution in [0.4, 0.5) is 9.05 Å². The van der Waals surface area contributed by atoms with Crippen LogP contribution in [0.3, 0.4) is 0 Å². The maximum Gasteiger partial charge on any atom is 0.403 e. The van der Waals surface area contributed by atoms with Crippen molar-refractivity contribution in [3.63, 3.8) is 0 Å². The molecule has 0 aromatic carbocycles. The van der Waals surface area contributed by atoms with E-state index in [-0.39, 0.29) is 13.2 Å². The number of halogens is 2. The molecule has 0 heterocycles. The molecule has 0 N–H and O–H groups in total. The van der Waals surface area contributed by atoms with Gasteiger partial charge in [0.2, 0.25) is 0 Å². The molecular weight excluding hydrogens is 193 g/mol. The summed E-state index contributed by atoms with van der Waals surface area (Å²) < 4.78 is 37.6. The van der Waals surface area contributed by atoms with Gasteiger partial charge >= 0.3 is 8.60 Å². The van der Waals surface area contributed by atoms with Crippen molar-refractivity contribution in [2.24, 2.45) is 0 Å². The second-order valence-electron chi connectivity index (χ2n) is 1.56. The van der Waals surface area contributed by atoms with Crippen LogP contribution in [-0.4, -0.2) is 19.8 Å². The number of hydrogen-bond donors (Lipinski definition) is 0. The van der Waals surface area contributed by atoms with E-state index >= 15 is 0 Å². The Morgan fingerprint density at radius 1 is 1.25 bits per heavy atom. The van der Waals surface area contributed by atoms with Crippen LogP contribution < -0.4 is 0 Å². The van der Waals surface area contributed by atoms with Crippen molar-refractivity contribution in [1.29, 1.82) is 0 Å². The molecule has 0 saturated carbocycles. The third-order valence-electron chi connectivity index (χ3n) is 0.773. The Morgan fingerprint density at radius 2 is 1.92 bits per heavy atom. The van der Waals surface area contributed by atoms with E-state index in [4.69, 9.17) is 4.74 Å².